The summed E-state index contributed by atoms with van der Waals surface area (Å²) in [5.41, 5.74) is -0.555. The molecule has 4 heterocycles. The van der Waals surface area contributed by atoms with Crippen LogP contribution in [0.4, 0.5) is 24.7 Å². The van der Waals surface area contributed by atoms with E-state index in [1.54, 1.807) is 26.0 Å². The number of hydrogen-bond donors (Lipinski definition) is 2. The number of aromatic nitrogens is 2. The van der Waals surface area contributed by atoms with Gasteiger partial charge in [0, 0.05) is 62.0 Å². The van der Waals surface area contributed by atoms with Crippen LogP contribution in [-0.4, -0.2) is 89.6 Å². The quantitative estimate of drug-likeness (QED) is 0.156. The topological polar surface area (TPSA) is 135 Å². The van der Waals surface area contributed by atoms with Gasteiger partial charge in [-0.3, -0.25) is 14.9 Å². The molecule has 3 aromatic rings. The van der Waals surface area contributed by atoms with E-state index in [9.17, 15) is 28.1 Å². The van der Waals surface area contributed by atoms with E-state index in [2.05, 4.69) is 25.5 Å². The van der Waals surface area contributed by atoms with E-state index in [0.29, 0.717) is 71.5 Å². The van der Waals surface area contributed by atoms with E-state index in [-0.39, 0.29) is 23.5 Å². The minimum absolute atomic E-state index is 0.0625. The second-order valence-electron chi connectivity index (χ2n) is 16.5. The van der Waals surface area contributed by atoms with Crippen molar-refractivity contribution in [3.05, 3.63) is 57.4 Å². The monoisotopic (exact) mass is 781 g/mol. The second-order valence-corrected chi connectivity index (χ2v) is 16.5. The molecule has 0 bridgehead atoms. The van der Waals surface area contributed by atoms with Crippen molar-refractivity contribution >= 4 is 28.3 Å². The first-order valence-corrected chi connectivity index (χ1v) is 20.2. The molecule has 0 radical (unpaired) electrons. The SMILES string of the molecule is COc1cc2nc(C)nc(NC(C)c3cc([N+](=O)[O-])cc(C(F)(F)F)c3)c2cc1OC1CCN(C(=O)C2CCN(CC3CCC4(CCNCC4)CC3)CC2)CC1. The van der Waals surface area contributed by atoms with E-state index < -0.39 is 28.4 Å². The Balaban J connectivity index is 0.948. The van der Waals surface area contributed by atoms with Crippen LogP contribution in [0, 0.1) is 34.3 Å². The van der Waals surface area contributed by atoms with Crippen molar-refractivity contribution in [2.45, 2.75) is 96.4 Å². The Morgan fingerprint density at radius 3 is 2.32 bits per heavy atom. The van der Waals surface area contributed by atoms with E-state index in [1.165, 1.54) is 65.3 Å². The van der Waals surface area contributed by atoms with E-state index >= 15 is 0 Å². The number of nitro benzene ring substituents is 1. The number of nitrogens with one attached hydrogen (secondary N) is 2. The van der Waals surface area contributed by atoms with Crippen molar-refractivity contribution in [3.63, 3.8) is 0 Å². The van der Waals surface area contributed by atoms with Gasteiger partial charge in [0.25, 0.3) is 5.69 Å². The van der Waals surface area contributed by atoms with Crippen molar-refractivity contribution in [2.75, 3.05) is 58.2 Å². The molecule has 1 aliphatic carbocycles. The molecule has 4 fully saturated rings. The Hall–Kier alpha value is -4.24. The van der Waals surface area contributed by atoms with Gasteiger partial charge in [0.15, 0.2) is 11.5 Å². The third-order valence-electron chi connectivity index (χ3n) is 12.8. The Morgan fingerprint density at radius 2 is 1.68 bits per heavy atom. The minimum Gasteiger partial charge on any atom is -0.493 e. The van der Waals surface area contributed by atoms with Gasteiger partial charge >= 0.3 is 6.18 Å². The Kier molecular flexibility index (Phi) is 11.9. The number of benzene rings is 2. The molecule has 2 N–H and O–H groups in total. The number of piperidine rings is 3. The maximum absolute atomic E-state index is 13.6. The molecular formula is C41H54F3N7O5. The van der Waals surface area contributed by atoms with Gasteiger partial charge in [0.05, 0.1) is 29.2 Å². The number of non-ortho nitro benzene ring substituents is 1. The molecule has 56 heavy (non-hydrogen) atoms. The maximum Gasteiger partial charge on any atom is 0.416 e. The number of halogens is 3. The molecule has 2 aromatic carbocycles. The molecular weight excluding hydrogens is 727 g/mol. The van der Waals surface area contributed by atoms with Crippen molar-refractivity contribution in [1.29, 1.82) is 0 Å². The number of ether oxygens (including phenoxy) is 2. The van der Waals surface area contributed by atoms with Gasteiger partial charge in [-0.15, -0.1) is 0 Å². The number of hydrogen-bond acceptors (Lipinski definition) is 10. The zero-order valence-electron chi connectivity index (χ0n) is 32.6. The summed E-state index contributed by atoms with van der Waals surface area (Å²) in [4.78, 5) is 37.9. The largest absolute Gasteiger partial charge is 0.493 e. The lowest BCUT2D eigenvalue weighted by atomic mass is 9.65. The number of fused-ring (bicyclic) bond motifs is 1. The average Bonchev–Trinajstić information content (AvgIpc) is 3.19. The Labute approximate surface area is 326 Å². The van der Waals surface area contributed by atoms with Crippen LogP contribution in [0.25, 0.3) is 10.9 Å². The van der Waals surface area contributed by atoms with Gasteiger partial charge in [-0.1, -0.05) is 0 Å². The molecule has 304 valence electrons. The highest BCUT2D eigenvalue weighted by Crippen LogP contribution is 2.45. The number of carbonyl (C=O) groups excluding carboxylic acids is 1. The molecule has 4 aliphatic rings. The third kappa shape index (κ3) is 9.14. The lowest BCUT2D eigenvalue weighted by molar-refractivity contribution is -0.385. The molecule has 3 aliphatic heterocycles. The molecule has 15 heteroatoms. The number of methoxy groups -OCH3 is 1. The molecule has 1 spiro atoms. The summed E-state index contributed by atoms with van der Waals surface area (Å²) >= 11 is 0. The number of anilines is 1. The highest BCUT2D eigenvalue weighted by molar-refractivity contribution is 5.92. The first-order chi connectivity index (χ1) is 26.8. The first-order valence-electron chi connectivity index (χ1n) is 20.2. The number of carbonyl (C=O) groups is 1. The summed E-state index contributed by atoms with van der Waals surface area (Å²) in [7, 11) is 1.54. The number of rotatable bonds is 10. The van der Waals surface area contributed by atoms with E-state index in [1.807, 2.05) is 4.90 Å². The highest BCUT2D eigenvalue weighted by Gasteiger charge is 2.38. The standard InChI is InChI=1S/C41H54F3N7O5/c1-26(30-20-31(41(42,43)44)22-32(21-30)51(53)54)46-38-34-23-37(36(55-3)24-35(34)47-27(2)48-38)56-33-8-18-50(19-9-33)39(52)29-6-16-49(17-7-29)25-28-4-10-40(11-5-28)12-14-45-15-13-40/h20-24,26,28-29,33,45H,4-19,25H2,1-3H3,(H,46,47,48). The summed E-state index contributed by atoms with van der Waals surface area (Å²) in [5, 5.41) is 18.7. The van der Waals surface area contributed by atoms with Crippen molar-refractivity contribution < 1.29 is 32.4 Å². The third-order valence-corrected chi connectivity index (χ3v) is 12.8. The first kappa shape index (κ1) is 40.0. The van der Waals surface area contributed by atoms with Crippen LogP contribution in [0.3, 0.4) is 0 Å². The predicted molar refractivity (Wildman–Crippen MR) is 207 cm³/mol. The Morgan fingerprint density at radius 1 is 0.982 bits per heavy atom. The minimum atomic E-state index is -4.76. The number of alkyl halides is 3. The number of nitrogens with zero attached hydrogens (tertiary/aromatic N) is 5. The van der Waals surface area contributed by atoms with Gasteiger partial charge < -0.3 is 29.9 Å². The zero-order valence-corrected chi connectivity index (χ0v) is 32.6. The van der Waals surface area contributed by atoms with Crippen molar-refractivity contribution in [1.82, 2.24) is 25.1 Å². The molecule has 1 unspecified atom stereocenters. The second kappa shape index (κ2) is 16.7. The molecule has 1 saturated carbocycles. The molecule has 12 nitrogen and oxygen atoms in total. The molecule has 1 aromatic heterocycles. The fraction of sp³-hybridized carbons (Fsp3) is 0.634. The number of amides is 1. The summed E-state index contributed by atoms with van der Waals surface area (Å²) < 4.78 is 53.1. The van der Waals surface area contributed by atoms with Gasteiger partial charge in [-0.25, -0.2) is 9.97 Å². The lowest BCUT2D eigenvalue weighted by Gasteiger charge is -2.44. The summed E-state index contributed by atoms with van der Waals surface area (Å²) in [6.07, 6.45) is 6.29. The van der Waals surface area contributed by atoms with Gasteiger partial charge in [-0.2, -0.15) is 13.2 Å². The van der Waals surface area contributed by atoms with Gasteiger partial charge in [0.2, 0.25) is 5.91 Å². The van der Waals surface area contributed by atoms with Crippen LogP contribution in [-0.2, 0) is 11.0 Å². The maximum atomic E-state index is 13.6. The van der Waals surface area contributed by atoms with Crippen LogP contribution in [0.5, 0.6) is 11.5 Å². The Bertz CT molecular complexity index is 1880. The number of likely N-dealkylation sites (tertiary alicyclic amines) is 2. The zero-order chi connectivity index (χ0) is 39.6. The lowest BCUT2D eigenvalue weighted by Crippen LogP contribution is -2.47. The smallest absolute Gasteiger partial charge is 0.416 e. The molecule has 7 rings (SSSR count). The van der Waals surface area contributed by atoms with Crippen LogP contribution in [0.2, 0.25) is 0 Å². The number of aryl methyl sites for hydroxylation is 1. The molecule has 1 atom stereocenters. The number of nitro groups is 1. The molecule has 3 saturated heterocycles. The highest BCUT2D eigenvalue weighted by atomic mass is 19.4. The fourth-order valence-electron chi connectivity index (χ4n) is 9.35. The van der Waals surface area contributed by atoms with Gasteiger partial charge in [-0.05, 0) is 120 Å². The van der Waals surface area contributed by atoms with Crippen LogP contribution < -0.4 is 20.1 Å². The summed E-state index contributed by atoms with van der Waals surface area (Å²) in [6, 6.07) is 5.26. The van der Waals surface area contributed by atoms with Gasteiger partial charge in [0.1, 0.15) is 17.7 Å². The van der Waals surface area contributed by atoms with E-state index in [4.69, 9.17) is 9.47 Å². The van der Waals surface area contributed by atoms with Crippen LogP contribution in [0.15, 0.2) is 30.3 Å². The predicted octanol–water partition coefficient (Wildman–Crippen LogP) is 7.69. The van der Waals surface area contributed by atoms with Crippen molar-refractivity contribution in [3.8, 4) is 11.5 Å². The van der Waals surface area contributed by atoms with E-state index in [0.717, 1.165) is 44.0 Å². The summed E-state index contributed by atoms with van der Waals surface area (Å²) in [6.45, 7) is 10.0. The molecule has 1 amide bonds. The van der Waals surface area contributed by atoms with Crippen LogP contribution >= 0.6 is 0 Å². The van der Waals surface area contributed by atoms with Crippen LogP contribution in [0.1, 0.15) is 94.1 Å². The summed E-state index contributed by atoms with van der Waals surface area (Å²) in [5.74, 6) is 2.76. The average molecular weight is 782 g/mol. The normalized spacial score (nSPS) is 20.9. The van der Waals surface area contributed by atoms with Crippen molar-refractivity contribution in [2.24, 2.45) is 17.3 Å². The fourth-order valence-corrected chi connectivity index (χ4v) is 9.35.